The van der Waals surface area contributed by atoms with Crippen LogP contribution in [0.2, 0.25) is 0 Å². The van der Waals surface area contributed by atoms with Gasteiger partial charge in [0.2, 0.25) is 0 Å². The van der Waals surface area contributed by atoms with E-state index in [0.29, 0.717) is 0 Å². The number of allylic oxidation sites excluding steroid dienone is 1. The topological polar surface area (TPSA) is 67.5 Å². The molecule has 2 rings (SSSR count). The van der Waals surface area contributed by atoms with Crippen molar-refractivity contribution < 1.29 is 4.79 Å². The third kappa shape index (κ3) is 4.45. The smallest absolute Gasteiger partial charge is 0.332 e. The highest BCUT2D eigenvalue weighted by Crippen LogP contribution is 2.37. The number of carbonyl (C=O) groups is 1. The molecule has 1 aliphatic carbocycles. The summed E-state index contributed by atoms with van der Waals surface area (Å²) in [5.74, 6) is 0. The van der Waals surface area contributed by atoms with Crippen LogP contribution in [0.1, 0.15) is 44.6 Å². The summed E-state index contributed by atoms with van der Waals surface area (Å²) in [4.78, 5) is 10.9. The molecule has 1 aromatic rings. The summed E-state index contributed by atoms with van der Waals surface area (Å²) in [5.41, 5.74) is 9.53. The number of nitrogens with one attached hydrogen (secondary N) is 1. The first-order valence-corrected chi connectivity index (χ1v) is 7.47. The van der Waals surface area contributed by atoms with Crippen LogP contribution >= 0.6 is 0 Å². The van der Waals surface area contributed by atoms with E-state index in [1.165, 1.54) is 19.3 Å². The van der Waals surface area contributed by atoms with Crippen molar-refractivity contribution >= 4 is 17.8 Å². The fourth-order valence-corrected chi connectivity index (χ4v) is 2.82. The van der Waals surface area contributed by atoms with E-state index in [1.807, 2.05) is 42.5 Å². The quantitative estimate of drug-likeness (QED) is 0.643. The molecule has 1 aromatic carbocycles. The molecule has 0 aliphatic heterocycles. The molecule has 4 nitrogen and oxygen atoms in total. The minimum absolute atomic E-state index is 0.00593. The molecule has 0 bridgehead atoms. The van der Waals surface area contributed by atoms with Crippen molar-refractivity contribution in [2.45, 2.75) is 39.0 Å². The van der Waals surface area contributed by atoms with E-state index in [1.54, 1.807) is 0 Å². The lowest BCUT2D eigenvalue weighted by atomic mass is 9.72. The van der Waals surface area contributed by atoms with E-state index >= 15 is 0 Å². The largest absolute Gasteiger partial charge is 0.350 e. The molecule has 1 aliphatic rings. The van der Waals surface area contributed by atoms with Gasteiger partial charge in [0, 0.05) is 5.41 Å². The van der Waals surface area contributed by atoms with E-state index in [2.05, 4.69) is 17.5 Å². The highest BCUT2D eigenvalue weighted by molar-refractivity contribution is 6.02. The number of hydrogen-bond donors (Lipinski definition) is 2. The monoisotopic (exact) mass is 285 g/mol. The van der Waals surface area contributed by atoms with Crippen molar-refractivity contribution in [2.24, 2.45) is 16.3 Å². The number of nitrogens with two attached hydrogens (primary N) is 1. The molecule has 0 unspecified atom stereocenters. The van der Waals surface area contributed by atoms with Gasteiger partial charge in [0.15, 0.2) is 0 Å². The number of rotatable bonds is 4. The minimum Gasteiger partial charge on any atom is -0.350 e. The first kappa shape index (κ1) is 15.3. The lowest BCUT2D eigenvalue weighted by Crippen LogP contribution is -2.33. The van der Waals surface area contributed by atoms with Crippen LogP contribution in [0.25, 0.3) is 6.08 Å². The van der Waals surface area contributed by atoms with Crippen molar-refractivity contribution in [3.8, 4) is 0 Å². The molecule has 0 heterocycles. The molecule has 112 valence electrons. The SMILES string of the molecule is CC1(C(/C=C/c2ccccc2)=N/NC(N)=O)CCCCC1. The van der Waals surface area contributed by atoms with Crippen LogP contribution in [0.15, 0.2) is 41.5 Å². The molecular weight excluding hydrogens is 262 g/mol. The highest BCUT2D eigenvalue weighted by atomic mass is 16.2. The predicted molar refractivity (Wildman–Crippen MR) is 86.8 cm³/mol. The summed E-state index contributed by atoms with van der Waals surface area (Å²) >= 11 is 0. The Balaban J connectivity index is 2.21. The van der Waals surface area contributed by atoms with Gasteiger partial charge in [-0.1, -0.05) is 62.6 Å². The standard InChI is InChI=1S/C17H23N3O/c1-17(12-6-3-7-13-17)15(19-20-16(18)21)11-10-14-8-4-2-5-9-14/h2,4-5,8-11H,3,6-7,12-13H2,1H3,(H3,18,20,21)/b11-10+,19-15+. The number of hydrogen-bond acceptors (Lipinski definition) is 2. The van der Waals surface area contributed by atoms with Crippen LogP contribution in [0, 0.1) is 5.41 Å². The van der Waals surface area contributed by atoms with Gasteiger partial charge >= 0.3 is 6.03 Å². The molecule has 1 fully saturated rings. The normalized spacial score (nSPS) is 18.6. The van der Waals surface area contributed by atoms with E-state index in [0.717, 1.165) is 24.1 Å². The maximum absolute atomic E-state index is 10.9. The van der Waals surface area contributed by atoms with Crippen LogP contribution < -0.4 is 11.2 Å². The van der Waals surface area contributed by atoms with Gasteiger partial charge < -0.3 is 5.73 Å². The predicted octanol–water partition coefficient (Wildman–Crippen LogP) is 3.69. The number of amides is 2. The highest BCUT2D eigenvalue weighted by Gasteiger charge is 2.31. The Morgan fingerprint density at radius 2 is 1.90 bits per heavy atom. The van der Waals surface area contributed by atoms with Crippen molar-refractivity contribution in [3.63, 3.8) is 0 Å². The summed E-state index contributed by atoms with van der Waals surface area (Å²) in [7, 11) is 0. The number of carbonyl (C=O) groups excluding carboxylic acids is 1. The number of hydrazone groups is 1. The van der Waals surface area contributed by atoms with Crippen molar-refractivity contribution in [3.05, 3.63) is 42.0 Å². The fourth-order valence-electron chi connectivity index (χ4n) is 2.82. The molecule has 1 saturated carbocycles. The summed E-state index contributed by atoms with van der Waals surface area (Å²) in [6.45, 7) is 2.21. The van der Waals surface area contributed by atoms with Crippen LogP contribution in [-0.4, -0.2) is 11.7 Å². The average molecular weight is 285 g/mol. The second-order valence-electron chi connectivity index (χ2n) is 5.84. The lowest BCUT2D eigenvalue weighted by molar-refractivity contribution is 0.249. The van der Waals surface area contributed by atoms with Gasteiger partial charge in [-0.3, -0.25) is 0 Å². The Bertz CT molecular complexity index is 528. The maximum atomic E-state index is 10.9. The van der Waals surface area contributed by atoms with Crippen LogP contribution in [0.3, 0.4) is 0 Å². The first-order chi connectivity index (χ1) is 10.1. The number of nitrogens with zero attached hydrogens (tertiary/aromatic N) is 1. The van der Waals surface area contributed by atoms with E-state index in [-0.39, 0.29) is 5.41 Å². The molecule has 2 amide bonds. The average Bonchev–Trinajstić information content (AvgIpc) is 2.48. The van der Waals surface area contributed by atoms with Crippen molar-refractivity contribution in [1.29, 1.82) is 0 Å². The second kappa shape index (κ2) is 7.07. The third-order valence-corrected chi connectivity index (χ3v) is 4.10. The van der Waals surface area contributed by atoms with E-state index in [4.69, 9.17) is 5.73 Å². The number of urea groups is 1. The van der Waals surface area contributed by atoms with Crippen LogP contribution in [0.4, 0.5) is 4.79 Å². The zero-order valence-electron chi connectivity index (χ0n) is 12.5. The van der Waals surface area contributed by atoms with Gasteiger partial charge in [0.1, 0.15) is 0 Å². The van der Waals surface area contributed by atoms with Crippen LogP contribution in [-0.2, 0) is 0 Å². The Hall–Kier alpha value is -2.10. The maximum Gasteiger partial charge on any atom is 0.332 e. The minimum atomic E-state index is -0.625. The molecule has 3 N–H and O–H groups in total. The van der Waals surface area contributed by atoms with E-state index < -0.39 is 6.03 Å². The molecule has 0 saturated heterocycles. The Kier molecular flexibility index (Phi) is 5.14. The van der Waals surface area contributed by atoms with Gasteiger partial charge in [0.25, 0.3) is 0 Å². The van der Waals surface area contributed by atoms with Crippen molar-refractivity contribution in [2.75, 3.05) is 0 Å². The molecule has 4 heteroatoms. The fraction of sp³-hybridized carbons (Fsp3) is 0.412. The first-order valence-electron chi connectivity index (χ1n) is 7.47. The molecule has 21 heavy (non-hydrogen) atoms. The van der Waals surface area contributed by atoms with Gasteiger partial charge in [0.05, 0.1) is 5.71 Å². The van der Waals surface area contributed by atoms with Gasteiger partial charge in [-0.25, -0.2) is 10.2 Å². The zero-order chi connectivity index (χ0) is 15.1. The number of benzene rings is 1. The summed E-state index contributed by atoms with van der Waals surface area (Å²) in [6.07, 6.45) is 9.87. The van der Waals surface area contributed by atoms with E-state index in [9.17, 15) is 4.79 Å². The van der Waals surface area contributed by atoms with Crippen LogP contribution in [0.5, 0.6) is 0 Å². The Morgan fingerprint density at radius 1 is 1.24 bits per heavy atom. The third-order valence-electron chi connectivity index (χ3n) is 4.10. The van der Waals surface area contributed by atoms with Crippen molar-refractivity contribution in [1.82, 2.24) is 5.43 Å². The molecule has 0 spiro atoms. The number of primary amides is 1. The Labute approximate surface area is 126 Å². The summed E-state index contributed by atoms with van der Waals surface area (Å²) in [5, 5.41) is 4.24. The Morgan fingerprint density at radius 3 is 2.52 bits per heavy atom. The summed E-state index contributed by atoms with van der Waals surface area (Å²) in [6, 6.07) is 9.45. The summed E-state index contributed by atoms with van der Waals surface area (Å²) < 4.78 is 0. The lowest BCUT2D eigenvalue weighted by Gasteiger charge is -2.33. The molecule has 0 atom stereocenters. The molecule has 0 aromatic heterocycles. The molecule has 0 radical (unpaired) electrons. The zero-order valence-corrected chi connectivity index (χ0v) is 12.5. The second-order valence-corrected chi connectivity index (χ2v) is 5.84. The van der Waals surface area contributed by atoms with Gasteiger partial charge in [-0.05, 0) is 24.5 Å². The van der Waals surface area contributed by atoms with Gasteiger partial charge in [-0.15, -0.1) is 0 Å². The van der Waals surface area contributed by atoms with Gasteiger partial charge in [-0.2, -0.15) is 5.10 Å². The molecular formula is C17H23N3O.